The minimum absolute atomic E-state index is 0.250. The van der Waals surface area contributed by atoms with Crippen LogP contribution in [0.1, 0.15) is 11.1 Å². The van der Waals surface area contributed by atoms with E-state index in [1.54, 1.807) is 36.4 Å². The zero-order valence-electron chi connectivity index (χ0n) is 17.4. The van der Waals surface area contributed by atoms with Gasteiger partial charge in [-0.15, -0.1) is 0 Å². The van der Waals surface area contributed by atoms with E-state index in [0.29, 0.717) is 23.1 Å². The molecule has 3 amide bonds. The van der Waals surface area contributed by atoms with Crippen LogP contribution in [0.4, 0.5) is 10.5 Å². The fourth-order valence-electron chi connectivity index (χ4n) is 3.10. The smallest absolute Gasteiger partial charge is 0.294 e. The molecule has 0 unspecified atom stereocenters. The molecular weight excluding hydrogens is 460 g/mol. The maximum absolute atomic E-state index is 12.7. The number of ether oxygens (including phenoxy) is 1. The van der Waals surface area contributed by atoms with E-state index in [-0.39, 0.29) is 11.4 Å². The Morgan fingerprint density at radius 1 is 1.00 bits per heavy atom. The number of hydrogen-bond donors (Lipinski definition) is 1. The van der Waals surface area contributed by atoms with Crippen molar-refractivity contribution < 1.29 is 19.1 Å². The Morgan fingerprint density at radius 3 is 2.52 bits per heavy atom. The molecule has 0 bridgehead atoms. The van der Waals surface area contributed by atoms with Gasteiger partial charge in [0.1, 0.15) is 18.9 Å². The Labute approximate surface area is 200 Å². The zero-order chi connectivity index (χ0) is 23.2. The van der Waals surface area contributed by atoms with Crippen molar-refractivity contribution in [2.75, 3.05) is 11.9 Å². The standard InChI is InChI=1S/C25H19ClN2O4S/c26-19-9-11-20(12-10-19)27-23(29)15-28-24(30)22(33-25(28)31)14-18-7-4-8-21(13-18)32-16-17-5-2-1-3-6-17/h1-14H,15-16H2,(H,27,29)/b22-14+. The number of nitrogens with zero attached hydrogens (tertiary/aromatic N) is 1. The molecule has 0 spiro atoms. The van der Waals surface area contributed by atoms with Crippen LogP contribution in [0, 0.1) is 0 Å². The summed E-state index contributed by atoms with van der Waals surface area (Å²) < 4.78 is 5.82. The summed E-state index contributed by atoms with van der Waals surface area (Å²) in [5.41, 5.74) is 2.29. The lowest BCUT2D eigenvalue weighted by Crippen LogP contribution is -2.36. The van der Waals surface area contributed by atoms with Crippen LogP contribution in [0.15, 0.2) is 83.8 Å². The number of hydrogen-bond acceptors (Lipinski definition) is 5. The van der Waals surface area contributed by atoms with E-state index < -0.39 is 17.1 Å². The third-order valence-corrected chi connectivity index (χ3v) is 5.87. The third kappa shape index (κ3) is 6.03. The van der Waals surface area contributed by atoms with Crippen LogP contribution in [0.3, 0.4) is 0 Å². The number of carbonyl (C=O) groups excluding carboxylic acids is 3. The van der Waals surface area contributed by atoms with Crippen molar-refractivity contribution in [3.8, 4) is 5.75 Å². The molecular formula is C25H19ClN2O4S. The molecule has 166 valence electrons. The SMILES string of the molecule is O=C(CN1C(=O)S/C(=C/c2cccc(OCc3ccccc3)c2)C1=O)Nc1ccc(Cl)cc1. The van der Waals surface area contributed by atoms with E-state index >= 15 is 0 Å². The van der Waals surface area contributed by atoms with Crippen LogP contribution in [-0.4, -0.2) is 28.5 Å². The van der Waals surface area contributed by atoms with Gasteiger partial charge in [0.25, 0.3) is 11.1 Å². The first kappa shape index (κ1) is 22.6. The van der Waals surface area contributed by atoms with E-state index in [9.17, 15) is 14.4 Å². The fraction of sp³-hybridized carbons (Fsp3) is 0.0800. The van der Waals surface area contributed by atoms with Crippen molar-refractivity contribution in [2.24, 2.45) is 0 Å². The van der Waals surface area contributed by atoms with Gasteiger partial charge in [-0.2, -0.15) is 0 Å². The Bertz CT molecular complexity index is 1210. The molecule has 3 aromatic rings. The maximum atomic E-state index is 12.7. The molecule has 1 saturated heterocycles. The van der Waals surface area contributed by atoms with Crippen LogP contribution in [-0.2, 0) is 16.2 Å². The number of imide groups is 1. The summed E-state index contributed by atoms with van der Waals surface area (Å²) in [5, 5.41) is 2.70. The molecule has 1 N–H and O–H groups in total. The lowest BCUT2D eigenvalue weighted by atomic mass is 10.2. The van der Waals surface area contributed by atoms with E-state index in [4.69, 9.17) is 16.3 Å². The second-order valence-electron chi connectivity index (χ2n) is 7.17. The molecule has 1 aliphatic rings. The predicted octanol–water partition coefficient (Wildman–Crippen LogP) is 5.59. The van der Waals surface area contributed by atoms with Gasteiger partial charge >= 0.3 is 0 Å². The van der Waals surface area contributed by atoms with Gasteiger partial charge in [-0.1, -0.05) is 54.1 Å². The minimum atomic E-state index is -0.508. The van der Waals surface area contributed by atoms with Crippen molar-refractivity contribution in [3.05, 3.63) is 99.9 Å². The van der Waals surface area contributed by atoms with Gasteiger partial charge in [0.2, 0.25) is 5.91 Å². The van der Waals surface area contributed by atoms with Gasteiger partial charge in [0.05, 0.1) is 4.91 Å². The highest BCUT2D eigenvalue weighted by Gasteiger charge is 2.36. The van der Waals surface area contributed by atoms with Gasteiger partial charge in [0.15, 0.2) is 0 Å². The summed E-state index contributed by atoms with van der Waals surface area (Å²) >= 11 is 6.64. The topological polar surface area (TPSA) is 75.7 Å². The summed E-state index contributed by atoms with van der Waals surface area (Å²) in [6, 6.07) is 23.6. The largest absolute Gasteiger partial charge is 0.489 e. The third-order valence-electron chi connectivity index (χ3n) is 4.71. The molecule has 33 heavy (non-hydrogen) atoms. The molecule has 8 heteroatoms. The summed E-state index contributed by atoms with van der Waals surface area (Å²) in [6.45, 7) is 0.0500. The van der Waals surface area contributed by atoms with Gasteiger partial charge in [-0.05, 0) is 65.4 Å². The predicted molar refractivity (Wildman–Crippen MR) is 130 cm³/mol. The number of anilines is 1. The van der Waals surface area contributed by atoms with Crippen molar-refractivity contribution in [3.63, 3.8) is 0 Å². The summed E-state index contributed by atoms with van der Waals surface area (Å²) in [7, 11) is 0. The van der Waals surface area contributed by atoms with Crippen molar-refractivity contribution in [1.82, 2.24) is 4.90 Å². The molecule has 3 aromatic carbocycles. The Kier molecular flexibility index (Phi) is 7.12. The van der Waals surface area contributed by atoms with E-state index in [2.05, 4.69) is 5.32 Å². The van der Waals surface area contributed by atoms with Gasteiger partial charge < -0.3 is 10.1 Å². The number of rotatable bonds is 7. The number of thioether (sulfide) groups is 1. The van der Waals surface area contributed by atoms with Gasteiger partial charge in [-0.3, -0.25) is 19.3 Å². The summed E-state index contributed by atoms with van der Waals surface area (Å²) in [4.78, 5) is 38.6. The Hall–Kier alpha value is -3.55. The van der Waals surface area contributed by atoms with Gasteiger partial charge in [0, 0.05) is 10.7 Å². The second kappa shape index (κ2) is 10.4. The highest BCUT2D eigenvalue weighted by atomic mass is 35.5. The van der Waals surface area contributed by atoms with Crippen LogP contribution in [0.5, 0.6) is 5.75 Å². The van der Waals surface area contributed by atoms with Crippen LogP contribution >= 0.6 is 23.4 Å². The molecule has 1 fully saturated rings. The number of halogens is 1. The quantitative estimate of drug-likeness (QED) is 0.448. The average Bonchev–Trinajstić information content (AvgIpc) is 3.07. The zero-order valence-corrected chi connectivity index (χ0v) is 18.9. The fourth-order valence-corrected chi connectivity index (χ4v) is 4.06. The molecule has 0 radical (unpaired) electrons. The van der Waals surface area contributed by atoms with Gasteiger partial charge in [-0.25, -0.2) is 0 Å². The van der Waals surface area contributed by atoms with E-state index in [1.165, 1.54) is 0 Å². The number of amides is 3. The molecule has 0 aliphatic carbocycles. The monoisotopic (exact) mass is 478 g/mol. The second-order valence-corrected chi connectivity index (χ2v) is 8.60. The molecule has 1 heterocycles. The molecule has 0 aromatic heterocycles. The summed E-state index contributed by atoms with van der Waals surface area (Å²) in [5.74, 6) is -0.335. The molecule has 0 atom stereocenters. The number of nitrogens with one attached hydrogen (secondary N) is 1. The Balaban J connectivity index is 1.39. The molecule has 6 nitrogen and oxygen atoms in total. The molecule has 0 saturated carbocycles. The van der Waals surface area contributed by atoms with E-state index in [1.807, 2.05) is 48.5 Å². The first-order valence-electron chi connectivity index (χ1n) is 10.1. The highest BCUT2D eigenvalue weighted by Crippen LogP contribution is 2.32. The lowest BCUT2D eigenvalue weighted by molar-refractivity contribution is -0.127. The highest BCUT2D eigenvalue weighted by molar-refractivity contribution is 8.18. The minimum Gasteiger partial charge on any atom is -0.489 e. The molecule has 4 rings (SSSR count). The van der Waals surface area contributed by atoms with Crippen molar-refractivity contribution in [2.45, 2.75) is 6.61 Å². The lowest BCUT2D eigenvalue weighted by Gasteiger charge is -2.12. The van der Waals surface area contributed by atoms with E-state index in [0.717, 1.165) is 27.8 Å². The first-order chi connectivity index (χ1) is 16.0. The number of benzene rings is 3. The summed E-state index contributed by atoms with van der Waals surface area (Å²) in [6.07, 6.45) is 1.62. The van der Waals surface area contributed by atoms with Crippen molar-refractivity contribution in [1.29, 1.82) is 0 Å². The van der Waals surface area contributed by atoms with Crippen LogP contribution in [0.2, 0.25) is 5.02 Å². The average molecular weight is 479 g/mol. The van der Waals surface area contributed by atoms with Crippen molar-refractivity contribution >= 4 is 52.2 Å². The number of carbonyl (C=O) groups is 3. The van der Waals surface area contributed by atoms with Crippen LogP contribution < -0.4 is 10.1 Å². The Morgan fingerprint density at radius 2 is 1.76 bits per heavy atom. The first-order valence-corrected chi connectivity index (χ1v) is 11.2. The molecule has 1 aliphatic heterocycles. The maximum Gasteiger partial charge on any atom is 0.294 e. The van der Waals surface area contributed by atoms with Crippen LogP contribution in [0.25, 0.3) is 6.08 Å². The normalized spacial score (nSPS) is 14.6.